The van der Waals surface area contributed by atoms with Gasteiger partial charge in [0.2, 0.25) is 0 Å². The number of hydrogen-bond acceptors (Lipinski definition) is 4. The van der Waals surface area contributed by atoms with Crippen molar-refractivity contribution in [2.45, 2.75) is 32.3 Å². The third kappa shape index (κ3) is 7.06. The molecular weight excluding hydrogens is 314 g/mol. The van der Waals surface area contributed by atoms with E-state index < -0.39 is 0 Å². The monoisotopic (exact) mass is 338 g/mol. The minimum atomic E-state index is -0.291. The number of carbonyl (C=O) groups excluding carboxylic acids is 1. The molecule has 0 aromatic heterocycles. The number of carbonyl (C=O) groups is 1. The standard InChI is InChI=1S/C18H25NO3.ClH/c1-15(14-19-12-4-3-5-13-19)22-18(20)11-8-16-6-9-17(21-2)10-7-16;/h6-11,15H,3-5,12-14H2,1-2H3;1H/p-1/b11-8+;. The molecule has 4 nitrogen and oxygen atoms in total. The number of hydrogen-bond donors (Lipinski definition) is 0. The Balaban J connectivity index is 0.00000264. The number of benzene rings is 1. The van der Waals surface area contributed by atoms with Gasteiger partial charge < -0.3 is 21.9 Å². The van der Waals surface area contributed by atoms with Crippen LogP contribution in [-0.2, 0) is 9.53 Å². The molecule has 23 heavy (non-hydrogen) atoms. The highest BCUT2D eigenvalue weighted by molar-refractivity contribution is 5.87. The van der Waals surface area contributed by atoms with E-state index in [0.717, 1.165) is 30.9 Å². The average Bonchev–Trinajstić information content (AvgIpc) is 2.54. The number of methoxy groups -OCH3 is 1. The zero-order valence-electron chi connectivity index (χ0n) is 13.8. The van der Waals surface area contributed by atoms with E-state index in [0.29, 0.717) is 0 Å². The van der Waals surface area contributed by atoms with Gasteiger partial charge in [-0.2, -0.15) is 0 Å². The molecule has 5 heteroatoms. The lowest BCUT2D eigenvalue weighted by Gasteiger charge is -2.28. The summed E-state index contributed by atoms with van der Waals surface area (Å²) in [5.74, 6) is 0.509. The van der Waals surface area contributed by atoms with Crippen molar-refractivity contribution < 1.29 is 26.7 Å². The molecule has 0 radical (unpaired) electrons. The van der Waals surface area contributed by atoms with E-state index in [9.17, 15) is 4.79 Å². The summed E-state index contributed by atoms with van der Waals surface area (Å²) in [6.07, 6.45) is 6.97. The quantitative estimate of drug-likeness (QED) is 0.546. The summed E-state index contributed by atoms with van der Waals surface area (Å²) >= 11 is 0. The van der Waals surface area contributed by atoms with Gasteiger partial charge in [-0.25, -0.2) is 4.79 Å². The van der Waals surface area contributed by atoms with E-state index in [1.54, 1.807) is 13.2 Å². The molecule has 1 fully saturated rings. The van der Waals surface area contributed by atoms with Crippen LogP contribution in [0.5, 0.6) is 5.75 Å². The maximum atomic E-state index is 11.8. The molecule has 0 N–H and O–H groups in total. The molecule has 2 rings (SSSR count). The van der Waals surface area contributed by atoms with Gasteiger partial charge in [0.1, 0.15) is 11.9 Å². The second kappa shape index (κ2) is 10.3. The average molecular weight is 339 g/mol. The third-order valence-corrected chi connectivity index (χ3v) is 3.81. The molecule has 0 aliphatic carbocycles. The summed E-state index contributed by atoms with van der Waals surface area (Å²) in [7, 11) is 1.63. The largest absolute Gasteiger partial charge is 1.00 e. The van der Waals surface area contributed by atoms with Crippen LogP contribution in [0.15, 0.2) is 30.3 Å². The normalized spacial score (nSPS) is 16.6. The van der Waals surface area contributed by atoms with Crippen LogP contribution >= 0.6 is 0 Å². The number of esters is 1. The molecule has 0 bridgehead atoms. The van der Waals surface area contributed by atoms with Gasteiger partial charge in [-0.15, -0.1) is 0 Å². The van der Waals surface area contributed by atoms with Gasteiger partial charge in [0.15, 0.2) is 0 Å². The van der Waals surface area contributed by atoms with E-state index in [-0.39, 0.29) is 24.5 Å². The molecule has 1 saturated heterocycles. The van der Waals surface area contributed by atoms with Crippen molar-refractivity contribution in [1.82, 2.24) is 4.90 Å². The first-order chi connectivity index (χ1) is 10.7. The maximum absolute atomic E-state index is 11.8. The first-order valence-corrected chi connectivity index (χ1v) is 7.92. The summed E-state index contributed by atoms with van der Waals surface area (Å²) in [4.78, 5) is 14.2. The second-order valence-electron chi connectivity index (χ2n) is 5.72. The first kappa shape index (κ1) is 19.5. The molecule has 1 unspecified atom stereocenters. The molecule has 0 amide bonds. The summed E-state index contributed by atoms with van der Waals surface area (Å²) in [5.41, 5.74) is 0.946. The van der Waals surface area contributed by atoms with E-state index in [1.165, 1.54) is 25.3 Å². The second-order valence-corrected chi connectivity index (χ2v) is 5.72. The Morgan fingerprint density at radius 1 is 1.22 bits per heavy atom. The lowest BCUT2D eigenvalue weighted by molar-refractivity contribution is -0.143. The molecule has 1 atom stereocenters. The topological polar surface area (TPSA) is 38.8 Å². The zero-order chi connectivity index (χ0) is 15.8. The number of piperidine rings is 1. The molecule has 1 aliphatic rings. The summed E-state index contributed by atoms with van der Waals surface area (Å²) in [6.45, 7) is 5.00. The van der Waals surface area contributed by atoms with Crippen molar-refractivity contribution in [3.05, 3.63) is 35.9 Å². The smallest absolute Gasteiger partial charge is 0.331 e. The summed E-state index contributed by atoms with van der Waals surface area (Å²) < 4.78 is 10.5. The van der Waals surface area contributed by atoms with Gasteiger partial charge in [0.05, 0.1) is 7.11 Å². The van der Waals surface area contributed by atoms with Crippen LogP contribution in [0.2, 0.25) is 0 Å². The third-order valence-electron chi connectivity index (χ3n) is 3.81. The number of ether oxygens (including phenoxy) is 2. The van der Waals surface area contributed by atoms with Crippen LogP contribution in [0.25, 0.3) is 6.08 Å². The predicted molar refractivity (Wildman–Crippen MR) is 87.9 cm³/mol. The lowest BCUT2D eigenvalue weighted by Crippen LogP contribution is -3.00. The molecule has 128 valence electrons. The molecular formula is C18H25ClNO3-. The van der Waals surface area contributed by atoms with Crippen molar-refractivity contribution in [2.75, 3.05) is 26.7 Å². The highest BCUT2D eigenvalue weighted by atomic mass is 35.5. The van der Waals surface area contributed by atoms with E-state index in [1.807, 2.05) is 31.2 Å². The zero-order valence-corrected chi connectivity index (χ0v) is 14.6. The van der Waals surface area contributed by atoms with Gasteiger partial charge >= 0.3 is 5.97 Å². The minimum Gasteiger partial charge on any atom is -1.00 e. The predicted octanol–water partition coefficient (Wildman–Crippen LogP) is 0.130. The van der Waals surface area contributed by atoms with Crippen LogP contribution < -0.4 is 17.1 Å². The molecule has 1 aliphatic heterocycles. The van der Waals surface area contributed by atoms with Gasteiger partial charge in [0, 0.05) is 12.6 Å². The van der Waals surface area contributed by atoms with Crippen LogP contribution in [-0.4, -0.2) is 43.7 Å². The molecule has 0 spiro atoms. The Kier molecular flexibility index (Phi) is 8.74. The van der Waals surface area contributed by atoms with Crippen molar-refractivity contribution in [2.24, 2.45) is 0 Å². The molecule has 0 saturated carbocycles. The summed E-state index contributed by atoms with van der Waals surface area (Å²) in [6, 6.07) is 7.54. The fourth-order valence-electron chi connectivity index (χ4n) is 2.66. The highest BCUT2D eigenvalue weighted by Gasteiger charge is 2.15. The lowest BCUT2D eigenvalue weighted by atomic mass is 10.1. The van der Waals surface area contributed by atoms with E-state index in [2.05, 4.69) is 4.90 Å². The molecule has 1 aromatic rings. The Labute approximate surface area is 144 Å². The van der Waals surface area contributed by atoms with Gasteiger partial charge in [-0.3, -0.25) is 4.90 Å². The Morgan fingerprint density at radius 3 is 2.48 bits per heavy atom. The fraction of sp³-hybridized carbons (Fsp3) is 0.500. The van der Waals surface area contributed by atoms with Crippen molar-refractivity contribution in [3.8, 4) is 5.75 Å². The number of nitrogens with zero attached hydrogens (tertiary/aromatic N) is 1. The Morgan fingerprint density at radius 2 is 1.87 bits per heavy atom. The van der Waals surface area contributed by atoms with Crippen LogP contribution in [0.4, 0.5) is 0 Å². The van der Waals surface area contributed by atoms with E-state index >= 15 is 0 Å². The SMILES string of the molecule is COc1ccc(/C=C/C(=O)OC(C)CN2CCCCC2)cc1.[Cl-]. The van der Waals surface area contributed by atoms with Crippen LogP contribution in [0, 0.1) is 0 Å². The fourth-order valence-corrected chi connectivity index (χ4v) is 2.66. The van der Waals surface area contributed by atoms with E-state index in [4.69, 9.17) is 9.47 Å². The summed E-state index contributed by atoms with van der Waals surface area (Å²) in [5, 5.41) is 0. The first-order valence-electron chi connectivity index (χ1n) is 7.92. The molecule has 1 aromatic carbocycles. The number of halogens is 1. The molecule has 1 heterocycles. The van der Waals surface area contributed by atoms with Gasteiger partial charge in [0.25, 0.3) is 0 Å². The van der Waals surface area contributed by atoms with Gasteiger partial charge in [-0.1, -0.05) is 18.6 Å². The minimum absolute atomic E-state index is 0. The number of rotatable bonds is 6. The van der Waals surface area contributed by atoms with Crippen LogP contribution in [0.3, 0.4) is 0 Å². The highest BCUT2D eigenvalue weighted by Crippen LogP contribution is 2.13. The number of likely N-dealkylation sites (tertiary alicyclic amines) is 1. The van der Waals surface area contributed by atoms with Crippen LogP contribution in [0.1, 0.15) is 31.7 Å². The van der Waals surface area contributed by atoms with Crippen molar-refractivity contribution in [1.29, 1.82) is 0 Å². The van der Waals surface area contributed by atoms with Gasteiger partial charge in [-0.05, 0) is 56.6 Å². The maximum Gasteiger partial charge on any atom is 0.331 e. The van der Waals surface area contributed by atoms with Crippen molar-refractivity contribution in [3.63, 3.8) is 0 Å². The Bertz CT molecular complexity index is 495. The van der Waals surface area contributed by atoms with Crippen molar-refractivity contribution >= 4 is 12.0 Å². The Hall–Kier alpha value is -1.52.